The number of hydrogen-bond acceptors (Lipinski definition) is 4. The number of carbonyl (C=O) groups excluding carboxylic acids is 1. The number of Topliss-reactive ketones (excluding diaryl/α,β-unsaturated/α-hetero) is 1. The van der Waals surface area contributed by atoms with E-state index in [0.29, 0.717) is 21.5 Å². The number of para-hydroxylation sites is 1. The van der Waals surface area contributed by atoms with Gasteiger partial charge < -0.3 is 14.8 Å². The Bertz CT molecular complexity index is 629. The number of carbonyl (C=O) groups is 1. The average molecular weight is 350 g/mol. The lowest BCUT2D eigenvalue weighted by Crippen LogP contribution is -2.15. The number of anilines is 1. The topological polar surface area (TPSA) is 47.6 Å². The van der Waals surface area contributed by atoms with Gasteiger partial charge in [-0.25, -0.2) is 0 Å². The van der Waals surface area contributed by atoms with Crippen LogP contribution in [0.1, 0.15) is 10.4 Å². The van der Waals surface area contributed by atoms with Gasteiger partial charge in [-0.2, -0.15) is 0 Å². The molecular formula is C16H16BrNO3. The van der Waals surface area contributed by atoms with Crippen molar-refractivity contribution in [3.8, 4) is 11.5 Å². The Balaban J connectivity index is 2.17. The minimum absolute atomic E-state index is 0.0564. The van der Waals surface area contributed by atoms with E-state index in [2.05, 4.69) is 21.2 Å². The predicted octanol–water partition coefficient (Wildman–Crippen LogP) is 3.76. The molecule has 2 rings (SSSR count). The second-order valence-electron chi connectivity index (χ2n) is 4.31. The lowest BCUT2D eigenvalue weighted by Gasteiger charge is -2.13. The maximum Gasteiger partial charge on any atom is 0.185 e. The maximum absolute atomic E-state index is 12.3. The van der Waals surface area contributed by atoms with Crippen LogP contribution < -0.4 is 14.8 Å². The number of halogens is 1. The minimum Gasteiger partial charge on any atom is -0.495 e. The lowest BCUT2D eigenvalue weighted by atomic mass is 10.1. The fraction of sp³-hybridized carbons (Fsp3) is 0.188. The number of hydrogen-bond donors (Lipinski definition) is 1. The Labute approximate surface area is 132 Å². The van der Waals surface area contributed by atoms with Gasteiger partial charge in [-0.15, -0.1) is 0 Å². The van der Waals surface area contributed by atoms with Gasteiger partial charge in [-0.3, -0.25) is 4.79 Å². The van der Waals surface area contributed by atoms with Crippen LogP contribution in [-0.4, -0.2) is 26.5 Å². The summed E-state index contributed by atoms with van der Waals surface area (Å²) < 4.78 is 11.2. The third kappa shape index (κ3) is 3.55. The highest BCUT2D eigenvalue weighted by Crippen LogP contribution is 2.37. The number of ether oxygens (including phenoxy) is 2. The summed E-state index contributed by atoms with van der Waals surface area (Å²) >= 11 is 3.39. The molecule has 110 valence electrons. The molecule has 1 N–H and O–H groups in total. The molecule has 21 heavy (non-hydrogen) atoms. The first-order valence-corrected chi connectivity index (χ1v) is 7.19. The Morgan fingerprint density at radius 3 is 2.43 bits per heavy atom. The van der Waals surface area contributed by atoms with E-state index in [-0.39, 0.29) is 12.3 Å². The van der Waals surface area contributed by atoms with E-state index in [0.717, 1.165) is 5.69 Å². The Morgan fingerprint density at radius 2 is 1.81 bits per heavy atom. The molecular weight excluding hydrogens is 334 g/mol. The standard InChI is InChI=1S/C16H16BrNO3/c1-20-14-9-8-12(16(21-2)15(14)17)13(19)10-18-11-6-4-3-5-7-11/h3-9,18H,10H2,1-2H3. The molecule has 5 heteroatoms. The largest absolute Gasteiger partial charge is 0.495 e. The summed E-state index contributed by atoms with van der Waals surface area (Å²) in [6, 6.07) is 13.0. The van der Waals surface area contributed by atoms with Crippen molar-refractivity contribution in [2.45, 2.75) is 0 Å². The van der Waals surface area contributed by atoms with Crippen LogP contribution in [0.25, 0.3) is 0 Å². The van der Waals surface area contributed by atoms with E-state index < -0.39 is 0 Å². The lowest BCUT2D eigenvalue weighted by molar-refractivity contribution is 0.100. The van der Waals surface area contributed by atoms with Gasteiger partial charge in [0.25, 0.3) is 0 Å². The number of rotatable bonds is 6. The van der Waals surface area contributed by atoms with Gasteiger partial charge in [0.15, 0.2) is 5.78 Å². The first kappa shape index (κ1) is 15.4. The molecule has 0 aliphatic rings. The van der Waals surface area contributed by atoms with Crippen LogP contribution in [0.4, 0.5) is 5.69 Å². The molecule has 0 amide bonds. The Morgan fingerprint density at radius 1 is 1.10 bits per heavy atom. The molecule has 0 radical (unpaired) electrons. The number of benzene rings is 2. The molecule has 0 unspecified atom stereocenters. The summed E-state index contributed by atoms with van der Waals surface area (Å²) in [6.07, 6.45) is 0. The highest BCUT2D eigenvalue weighted by molar-refractivity contribution is 9.10. The molecule has 0 saturated carbocycles. The van der Waals surface area contributed by atoms with E-state index in [4.69, 9.17) is 9.47 Å². The molecule has 0 atom stereocenters. The second kappa shape index (κ2) is 7.13. The van der Waals surface area contributed by atoms with Crippen molar-refractivity contribution in [1.29, 1.82) is 0 Å². The van der Waals surface area contributed by atoms with Gasteiger partial charge in [0.2, 0.25) is 0 Å². The average Bonchev–Trinajstić information content (AvgIpc) is 2.53. The summed E-state index contributed by atoms with van der Waals surface area (Å²) in [5, 5.41) is 3.09. The number of nitrogens with one attached hydrogen (secondary N) is 1. The minimum atomic E-state index is -0.0564. The molecule has 0 aliphatic heterocycles. The smallest absolute Gasteiger partial charge is 0.185 e. The summed E-state index contributed by atoms with van der Waals surface area (Å²) in [6.45, 7) is 0.194. The monoisotopic (exact) mass is 349 g/mol. The highest BCUT2D eigenvalue weighted by Gasteiger charge is 2.17. The molecule has 0 bridgehead atoms. The normalized spacial score (nSPS) is 10.0. The van der Waals surface area contributed by atoms with Crippen LogP contribution in [0.3, 0.4) is 0 Å². The fourth-order valence-corrected chi connectivity index (χ4v) is 2.62. The molecule has 4 nitrogen and oxygen atoms in total. The quantitative estimate of drug-likeness (QED) is 0.806. The summed E-state index contributed by atoms with van der Waals surface area (Å²) in [5.74, 6) is 1.05. The fourth-order valence-electron chi connectivity index (χ4n) is 1.95. The van der Waals surface area contributed by atoms with Gasteiger partial charge >= 0.3 is 0 Å². The third-order valence-corrected chi connectivity index (χ3v) is 3.76. The second-order valence-corrected chi connectivity index (χ2v) is 5.10. The zero-order valence-corrected chi connectivity index (χ0v) is 13.4. The van der Waals surface area contributed by atoms with E-state index in [1.165, 1.54) is 7.11 Å². The highest BCUT2D eigenvalue weighted by atomic mass is 79.9. The zero-order valence-electron chi connectivity index (χ0n) is 11.9. The zero-order chi connectivity index (χ0) is 15.2. The van der Waals surface area contributed by atoms with Gasteiger partial charge in [0.05, 0.1) is 26.3 Å². The van der Waals surface area contributed by atoms with Crippen molar-refractivity contribution >= 4 is 27.4 Å². The van der Waals surface area contributed by atoms with Crippen molar-refractivity contribution in [2.75, 3.05) is 26.1 Å². The van der Waals surface area contributed by atoms with Crippen LogP contribution in [0, 0.1) is 0 Å². The summed E-state index contributed by atoms with van der Waals surface area (Å²) in [7, 11) is 3.10. The first-order valence-electron chi connectivity index (χ1n) is 6.40. The number of methoxy groups -OCH3 is 2. The molecule has 0 aliphatic carbocycles. The van der Waals surface area contributed by atoms with Crippen LogP contribution >= 0.6 is 15.9 Å². The van der Waals surface area contributed by atoms with Crippen LogP contribution in [0.2, 0.25) is 0 Å². The van der Waals surface area contributed by atoms with Crippen LogP contribution in [0.5, 0.6) is 11.5 Å². The van der Waals surface area contributed by atoms with Crippen molar-refractivity contribution in [3.63, 3.8) is 0 Å². The van der Waals surface area contributed by atoms with E-state index in [1.807, 2.05) is 30.3 Å². The van der Waals surface area contributed by atoms with Crippen molar-refractivity contribution in [3.05, 3.63) is 52.5 Å². The van der Waals surface area contributed by atoms with Gasteiger partial charge in [0, 0.05) is 5.69 Å². The van der Waals surface area contributed by atoms with Crippen LogP contribution in [0.15, 0.2) is 46.9 Å². The predicted molar refractivity (Wildman–Crippen MR) is 86.5 cm³/mol. The molecule has 2 aromatic rings. The Hall–Kier alpha value is -2.01. The number of ketones is 1. The van der Waals surface area contributed by atoms with Gasteiger partial charge in [-0.1, -0.05) is 18.2 Å². The molecule has 0 saturated heterocycles. The Kier molecular flexibility index (Phi) is 5.22. The molecule has 0 fully saturated rings. The van der Waals surface area contributed by atoms with Gasteiger partial charge in [0.1, 0.15) is 16.0 Å². The van der Waals surface area contributed by atoms with E-state index in [1.54, 1.807) is 19.2 Å². The first-order chi connectivity index (χ1) is 10.2. The van der Waals surface area contributed by atoms with E-state index in [9.17, 15) is 4.79 Å². The molecule has 0 heterocycles. The summed E-state index contributed by atoms with van der Waals surface area (Å²) in [5.41, 5.74) is 1.41. The van der Waals surface area contributed by atoms with Crippen molar-refractivity contribution in [1.82, 2.24) is 0 Å². The van der Waals surface area contributed by atoms with Crippen molar-refractivity contribution in [2.24, 2.45) is 0 Å². The SMILES string of the molecule is COc1ccc(C(=O)CNc2ccccc2)c(OC)c1Br. The van der Waals surface area contributed by atoms with Gasteiger partial charge in [-0.05, 0) is 40.2 Å². The molecule has 2 aromatic carbocycles. The van der Waals surface area contributed by atoms with Crippen molar-refractivity contribution < 1.29 is 14.3 Å². The summed E-state index contributed by atoms with van der Waals surface area (Å²) in [4.78, 5) is 12.3. The molecule has 0 spiro atoms. The molecule has 0 aromatic heterocycles. The third-order valence-electron chi connectivity index (χ3n) is 3.01. The van der Waals surface area contributed by atoms with Crippen LogP contribution in [-0.2, 0) is 0 Å². The maximum atomic E-state index is 12.3. The van der Waals surface area contributed by atoms with E-state index >= 15 is 0 Å².